The molecule has 0 radical (unpaired) electrons. The summed E-state index contributed by atoms with van der Waals surface area (Å²) in [6.45, 7) is 0. The molecule has 0 aromatic carbocycles. The molecule has 0 bridgehead atoms. The summed E-state index contributed by atoms with van der Waals surface area (Å²) in [6.07, 6.45) is 3.14. The van der Waals surface area contributed by atoms with Gasteiger partial charge in [0.05, 0.1) is 12.4 Å². The average Bonchev–Trinajstić information content (AvgIpc) is 2.33. The van der Waals surface area contributed by atoms with Crippen molar-refractivity contribution in [2.75, 3.05) is 0 Å². The van der Waals surface area contributed by atoms with E-state index in [9.17, 15) is 0 Å². The van der Waals surface area contributed by atoms with E-state index in [0.29, 0.717) is 5.78 Å². The monoisotopic (exact) mass is 122 g/mol. The van der Waals surface area contributed by atoms with Gasteiger partial charge in [-0.2, -0.15) is 9.61 Å². The summed E-state index contributed by atoms with van der Waals surface area (Å²) in [5.74, 6) is 0.414. The van der Waals surface area contributed by atoms with Crippen LogP contribution in [0.1, 0.15) is 0 Å². The fraction of sp³-hybridized carbons (Fsp3) is 0. The first-order valence-corrected chi connectivity index (χ1v) is 2.32. The fourth-order valence-corrected chi connectivity index (χ4v) is 0.529. The molecule has 0 spiro atoms. The number of hydrogen-bond donors (Lipinski definition) is 0. The molecule has 44 valence electrons. The van der Waals surface area contributed by atoms with Gasteiger partial charge in [0, 0.05) is 0 Å². The molecule has 0 atom stereocenters. The van der Waals surface area contributed by atoms with Crippen LogP contribution in [0.4, 0.5) is 0 Å². The van der Waals surface area contributed by atoms with Gasteiger partial charge in [-0.25, -0.2) is 0 Å². The van der Waals surface area contributed by atoms with Crippen molar-refractivity contribution >= 4 is 5.78 Å². The smallest absolute Gasteiger partial charge is 0.182 e. The van der Waals surface area contributed by atoms with Crippen LogP contribution in [0, 0.1) is 0 Å². The van der Waals surface area contributed by atoms with Crippen molar-refractivity contribution in [2.45, 2.75) is 0 Å². The van der Waals surface area contributed by atoms with Crippen LogP contribution in [0.25, 0.3) is 5.78 Å². The Morgan fingerprint density at radius 1 is 1.33 bits per heavy atom. The molecule has 2 heterocycles. The summed E-state index contributed by atoms with van der Waals surface area (Å²) >= 11 is 0. The lowest BCUT2D eigenvalue weighted by atomic mass is 10.9. The number of rotatable bonds is 0. The first-order chi connectivity index (χ1) is 4.47. The van der Waals surface area contributed by atoms with Crippen LogP contribution in [0.2, 0.25) is 0 Å². The van der Waals surface area contributed by atoms with Crippen molar-refractivity contribution in [2.24, 2.45) is 0 Å². The molecular formula is C3H2N6. The van der Waals surface area contributed by atoms with Gasteiger partial charge in [-0.1, -0.05) is 5.10 Å². The molecule has 6 nitrogen and oxygen atoms in total. The van der Waals surface area contributed by atoms with Crippen LogP contribution in [0.5, 0.6) is 0 Å². The first kappa shape index (κ1) is 4.30. The van der Waals surface area contributed by atoms with Crippen molar-refractivity contribution in [1.82, 2.24) is 30.2 Å². The number of nitrogens with zero attached hydrogens (tertiary/aromatic N) is 6. The van der Waals surface area contributed by atoms with Crippen molar-refractivity contribution in [3.8, 4) is 0 Å². The molecule has 2 rings (SSSR count). The molecule has 2 aromatic heterocycles. The standard InChI is InChI=1S/C3H2N6/c1-2-9-3(5-4-1)6-7-8-9/h1-2H. The van der Waals surface area contributed by atoms with Gasteiger partial charge in [-0.05, 0) is 10.4 Å². The van der Waals surface area contributed by atoms with Crippen LogP contribution >= 0.6 is 0 Å². The fourth-order valence-electron chi connectivity index (χ4n) is 0.529. The second-order valence-corrected chi connectivity index (χ2v) is 1.44. The summed E-state index contributed by atoms with van der Waals surface area (Å²) < 4.78 is 1.44. The van der Waals surface area contributed by atoms with Crippen molar-refractivity contribution in [1.29, 1.82) is 0 Å². The zero-order valence-electron chi connectivity index (χ0n) is 4.34. The molecule has 0 amide bonds. The maximum absolute atomic E-state index is 3.62. The second-order valence-electron chi connectivity index (χ2n) is 1.44. The number of tetrazole rings is 1. The third-order valence-corrected chi connectivity index (χ3v) is 0.897. The Balaban J connectivity index is 2.95. The molecule has 6 heteroatoms. The number of aromatic nitrogens is 6. The molecule has 0 saturated carbocycles. The quantitative estimate of drug-likeness (QED) is 0.444. The van der Waals surface area contributed by atoms with E-state index >= 15 is 0 Å². The summed E-state index contributed by atoms with van der Waals surface area (Å²) in [6, 6.07) is 0. The van der Waals surface area contributed by atoms with Gasteiger partial charge < -0.3 is 0 Å². The Morgan fingerprint density at radius 2 is 2.33 bits per heavy atom. The second kappa shape index (κ2) is 1.44. The normalized spacial score (nSPS) is 10.2. The van der Waals surface area contributed by atoms with Gasteiger partial charge in [-0.3, -0.25) is 0 Å². The van der Waals surface area contributed by atoms with E-state index in [2.05, 4.69) is 25.7 Å². The predicted octanol–water partition coefficient (Wildman–Crippen LogP) is -1.09. The van der Waals surface area contributed by atoms with Gasteiger partial charge in [0.1, 0.15) is 0 Å². The number of hydrogen-bond acceptors (Lipinski definition) is 5. The highest BCUT2D eigenvalue weighted by Crippen LogP contribution is 1.82. The van der Waals surface area contributed by atoms with Gasteiger partial charge in [0.2, 0.25) is 0 Å². The third-order valence-electron chi connectivity index (χ3n) is 0.897. The van der Waals surface area contributed by atoms with Crippen molar-refractivity contribution in [3.05, 3.63) is 12.4 Å². The lowest BCUT2D eigenvalue weighted by molar-refractivity contribution is 0.811. The van der Waals surface area contributed by atoms with E-state index in [0.717, 1.165) is 0 Å². The summed E-state index contributed by atoms with van der Waals surface area (Å²) in [7, 11) is 0. The minimum absolute atomic E-state index is 0.414. The zero-order chi connectivity index (χ0) is 6.10. The molecule has 0 unspecified atom stereocenters. The molecule has 0 aliphatic rings. The van der Waals surface area contributed by atoms with E-state index in [1.54, 1.807) is 6.20 Å². The summed E-state index contributed by atoms with van der Waals surface area (Å²) in [4.78, 5) is 0. The Bertz CT molecular complexity index is 282. The third kappa shape index (κ3) is 0.525. The Morgan fingerprint density at radius 3 is 3.22 bits per heavy atom. The van der Waals surface area contributed by atoms with Crippen LogP contribution in [-0.2, 0) is 0 Å². The Labute approximate surface area is 49.5 Å². The van der Waals surface area contributed by atoms with Gasteiger partial charge in [0.15, 0.2) is 0 Å². The molecule has 0 fully saturated rings. The summed E-state index contributed by atoms with van der Waals surface area (Å²) in [5.41, 5.74) is 0. The highest BCUT2D eigenvalue weighted by molar-refractivity contribution is 5.17. The zero-order valence-corrected chi connectivity index (χ0v) is 4.34. The predicted molar refractivity (Wildman–Crippen MR) is 26.4 cm³/mol. The maximum atomic E-state index is 3.62. The highest BCUT2D eigenvalue weighted by Gasteiger charge is 1.91. The van der Waals surface area contributed by atoms with E-state index in [1.165, 1.54) is 10.7 Å². The van der Waals surface area contributed by atoms with Crippen LogP contribution in [0.3, 0.4) is 0 Å². The van der Waals surface area contributed by atoms with Crippen LogP contribution < -0.4 is 0 Å². The molecule has 2 aromatic rings. The van der Waals surface area contributed by atoms with E-state index in [-0.39, 0.29) is 0 Å². The highest BCUT2D eigenvalue weighted by atomic mass is 15.5. The molecule has 0 N–H and O–H groups in total. The Kier molecular flexibility index (Phi) is 0.689. The minimum atomic E-state index is 0.414. The van der Waals surface area contributed by atoms with Crippen LogP contribution in [0.15, 0.2) is 12.4 Å². The largest absolute Gasteiger partial charge is 0.292 e. The molecular weight excluding hydrogens is 120 g/mol. The van der Waals surface area contributed by atoms with E-state index in [4.69, 9.17) is 0 Å². The lowest BCUT2D eigenvalue weighted by Crippen LogP contribution is -1.90. The SMILES string of the molecule is c1cn2nnnc2nn1. The van der Waals surface area contributed by atoms with E-state index in [1.807, 2.05) is 0 Å². The molecule has 0 saturated heterocycles. The van der Waals surface area contributed by atoms with Gasteiger partial charge in [-0.15, -0.1) is 5.10 Å². The van der Waals surface area contributed by atoms with Gasteiger partial charge >= 0.3 is 0 Å². The molecule has 0 aliphatic carbocycles. The van der Waals surface area contributed by atoms with Crippen LogP contribution in [-0.4, -0.2) is 30.2 Å². The topological polar surface area (TPSA) is 68.9 Å². The van der Waals surface area contributed by atoms with Crippen molar-refractivity contribution < 1.29 is 0 Å². The average molecular weight is 122 g/mol. The molecule has 0 aliphatic heterocycles. The minimum Gasteiger partial charge on any atom is -0.182 e. The lowest BCUT2D eigenvalue weighted by Gasteiger charge is -1.80. The Hall–Kier alpha value is -1.59. The van der Waals surface area contributed by atoms with Crippen molar-refractivity contribution in [3.63, 3.8) is 0 Å². The molecule has 9 heavy (non-hydrogen) atoms. The van der Waals surface area contributed by atoms with E-state index < -0.39 is 0 Å². The summed E-state index contributed by atoms with van der Waals surface area (Å²) in [5, 5.41) is 17.7. The maximum Gasteiger partial charge on any atom is 0.292 e. The number of fused-ring (bicyclic) bond motifs is 1. The first-order valence-electron chi connectivity index (χ1n) is 2.32. The van der Waals surface area contributed by atoms with Gasteiger partial charge in [0.25, 0.3) is 5.78 Å².